The molecule has 1 aliphatic heterocycles. The Kier molecular flexibility index (Phi) is 4.88. The van der Waals surface area contributed by atoms with E-state index < -0.39 is 0 Å². The monoisotopic (exact) mass is 317 g/mol. The van der Waals surface area contributed by atoms with E-state index in [1.807, 2.05) is 26.0 Å². The Hall–Kier alpha value is -1.99. The van der Waals surface area contributed by atoms with Gasteiger partial charge < -0.3 is 19.1 Å². The molecule has 3 rings (SSSR count). The lowest BCUT2D eigenvalue weighted by Crippen LogP contribution is -2.44. The van der Waals surface area contributed by atoms with Gasteiger partial charge in [-0.3, -0.25) is 4.98 Å². The van der Waals surface area contributed by atoms with E-state index in [-0.39, 0.29) is 6.10 Å². The lowest BCUT2D eigenvalue weighted by atomic mass is 10.2. The largest absolute Gasteiger partial charge is 0.369 e. The summed E-state index contributed by atoms with van der Waals surface area (Å²) in [6.07, 6.45) is 1.59. The SMILES string of the molecule is CCOC(C)c1nc(-c2cc(N3CCN(C)CC3)ccn2)no1. The van der Waals surface area contributed by atoms with Gasteiger partial charge in [0.25, 0.3) is 5.89 Å². The summed E-state index contributed by atoms with van der Waals surface area (Å²) < 4.78 is 10.8. The van der Waals surface area contributed by atoms with Crippen molar-refractivity contribution >= 4 is 5.69 Å². The second-order valence-electron chi connectivity index (χ2n) is 5.74. The summed E-state index contributed by atoms with van der Waals surface area (Å²) in [5.41, 5.74) is 1.87. The van der Waals surface area contributed by atoms with Crippen molar-refractivity contribution in [2.24, 2.45) is 0 Å². The van der Waals surface area contributed by atoms with Crippen LogP contribution in [-0.4, -0.2) is 59.9 Å². The quantitative estimate of drug-likeness (QED) is 0.835. The highest BCUT2D eigenvalue weighted by Gasteiger charge is 2.18. The van der Waals surface area contributed by atoms with Crippen LogP contribution in [0.3, 0.4) is 0 Å². The second-order valence-corrected chi connectivity index (χ2v) is 5.74. The van der Waals surface area contributed by atoms with Crippen molar-refractivity contribution in [2.45, 2.75) is 20.0 Å². The van der Waals surface area contributed by atoms with Crippen LogP contribution in [0.25, 0.3) is 11.5 Å². The Bertz CT molecular complexity index is 637. The van der Waals surface area contributed by atoms with Crippen molar-refractivity contribution in [3.05, 3.63) is 24.2 Å². The fraction of sp³-hybridized carbons (Fsp3) is 0.562. The third kappa shape index (κ3) is 3.68. The van der Waals surface area contributed by atoms with Gasteiger partial charge in [-0.15, -0.1) is 0 Å². The molecule has 1 fully saturated rings. The molecule has 23 heavy (non-hydrogen) atoms. The number of pyridine rings is 1. The van der Waals surface area contributed by atoms with Gasteiger partial charge in [0.05, 0.1) is 0 Å². The molecular weight excluding hydrogens is 294 g/mol. The first kappa shape index (κ1) is 15.9. The number of anilines is 1. The van der Waals surface area contributed by atoms with Crippen LogP contribution < -0.4 is 4.90 Å². The molecule has 7 nitrogen and oxygen atoms in total. The van der Waals surface area contributed by atoms with Crippen LogP contribution in [0.15, 0.2) is 22.9 Å². The van der Waals surface area contributed by atoms with E-state index in [2.05, 4.69) is 32.0 Å². The third-order valence-electron chi connectivity index (χ3n) is 4.05. The highest BCUT2D eigenvalue weighted by atomic mass is 16.5. The van der Waals surface area contributed by atoms with Crippen molar-refractivity contribution in [3.63, 3.8) is 0 Å². The fourth-order valence-electron chi connectivity index (χ4n) is 2.63. The normalized spacial score (nSPS) is 17.4. The van der Waals surface area contributed by atoms with Crippen LogP contribution >= 0.6 is 0 Å². The number of piperazine rings is 1. The average molecular weight is 317 g/mol. The van der Waals surface area contributed by atoms with Crippen molar-refractivity contribution in [2.75, 3.05) is 44.7 Å². The van der Waals surface area contributed by atoms with Gasteiger partial charge in [-0.1, -0.05) is 5.16 Å². The highest BCUT2D eigenvalue weighted by Crippen LogP contribution is 2.23. The first-order valence-electron chi connectivity index (χ1n) is 8.02. The minimum atomic E-state index is -0.206. The first-order chi connectivity index (χ1) is 11.2. The molecule has 0 aliphatic carbocycles. The van der Waals surface area contributed by atoms with Crippen molar-refractivity contribution in [1.29, 1.82) is 0 Å². The Morgan fingerprint density at radius 2 is 2.09 bits per heavy atom. The summed E-state index contributed by atoms with van der Waals surface area (Å²) in [4.78, 5) is 13.5. The highest BCUT2D eigenvalue weighted by molar-refractivity contribution is 5.58. The van der Waals surface area contributed by atoms with Crippen LogP contribution in [-0.2, 0) is 4.74 Å². The molecular formula is C16H23N5O2. The summed E-state index contributed by atoms with van der Waals surface area (Å²) in [6.45, 7) is 8.60. The first-order valence-corrected chi connectivity index (χ1v) is 8.02. The van der Waals surface area contributed by atoms with Crippen LogP contribution in [0.5, 0.6) is 0 Å². The molecule has 3 heterocycles. The summed E-state index contributed by atoms with van der Waals surface area (Å²) >= 11 is 0. The maximum absolute atomic E-state index is 5.48. The summed E-state index contributed by atoms with van der Waals surface area (Å²) in [7, 11) is 2.15. The topological polar surface area (TPSA) is 67.5 Å². The summed E-state index contributed by atoms with van der Waals surface area (Å²) in [5.74, 6) is 0.983. The number of hydrogen-bond donors (Lipinski definition) is 0. The molecule has 124 valence electrons. The van der Waals surface area contributed by atoms with E-state index in [0.29, 0.717) is 18.3 Å². The Labute approximate surface area is 136 Å². The van der Waals surface area contributed by atoms with E-state index in [1.165, 1.54) is 0 Å². The molecule has 1 atom stereocenters. The van der Waals surface area contributed by atoms with Crippen LogP contribution in [0.1, 0.15) is 25.8 Å². The maximum atomic E-state index is 5.48. The maximum Gasteiger partial charge on any atom is 0.255 e. The smallest absolute Gasteiger partial charge is 0.255 e. The zero-order valence-corrected chi connectivity index (χ0v) is 13.9. The van der Waals surface area contributed by atoms with E-state index in [0.717, 1.165) is 37.6 Å². The molecule has 0 saturated carbocycles. The third-order valence-corrected chi connectivity index (χ3v) is 4.05. The van der Waals surface area contributed by atoms with Gasteiger partial charge in [0.1, 0.15) is 11.8 Å². The average Bonchev–Trinajstić information content (AvgIpc) is 3.06. The molecule has 2 aromatic heterocycles. The molecule has 0 bridgehead atoms. The molecule has 1 aliphatic rings. The Balaban J connectivity index is 1.77. The Morgan fingerprint density at radius 3 is 2.83 bits per heavy atom. The lowest BCUT2D eigenvalue weighted by molar-refractivity contribution is 0.0519. The van der Waals surface area contributed by atoms with Gasteiger partial charge in [0, 0.05) is 44.7 Å². The number of likely N-dealkylation sites (N-methyl/N-ethyl adjacent to an activating group) is 1. The van der Waals surface area contributed by atoms with E-state index >= 15 is 0 Å². The van der Waals surface area contributed by atoms with Crippen LogP contribution in [0, 0.1) is 0 Å². The van der Waals surface area contributed by atoms with Crippen LogP contribution in [0.4, 0.5) is 5.69 Å². The molecule has 0 amide bonds. The molecule has 7 heteroatoms. The predicted octanol–water partition coefficient (Wildman–Crippen LogP) is 1.98. The van der Waals surface area contributed by atoms with E-state index in [9.17, 15) is 0 Å². The van der Waals surface area contributed by atoms with Gasteiger partial charge in [0.2, 0.25) is 5.82 Å². The minimum absolute atomic E-state index is 0.206. The van der Waals surface area contributed by atoms with Gasteiger partial charge in [-0.2, -0.15) is 4.98 Å². The van der Waals surface area contributed by atoms with E-state index in [1.54, 1.807) is 6.20 Å². The van der Waals surface area contributed by atoms with Gasteiger partial charge in [0.15, 0.2) is 0 Å². The van der Waals surface area contributed by atoms with Crippen molar-refractivity contribution in [1.82, 2.24) is 20.0 Å². The minimum Gasteiger partial charge on any atom is -0.369 e. The molecule has 0 spiro atoms. The zero-order valence-electron chi connectivity index (χ0n) is 13.9. The summed E-state index contributed by atoms with van der Waals surface area (Å²) in [6, 6.07) is 4.05. The molecule has 0 aromatic carbocycles. The standard InChI is InChI=1S/C16H23N5O2/c1-4-22-12(2)16-18-15(19-23-16)14-11-13(5-6-17-14)21-9-7-20(3)8-10-21/h5-6,11-12H,4,7-10H2,1-3H3. The number of ether oxygens (including phenoxy) is 1. The Morgan fingerprint density at radius 1 is 1.30 bits per heavy atom. The zero-order chi connectivity index (χ0) is 16.2. The van der Waals surface area contributed by atoms with Crippen LogP contribution in [0.2, 0.25) is 0 Å². The number of hydrogen-bond acceptors (Lipinski definition) is 7. The molecule has 1 unspecified atom stereocenters. The molecule has 0 N–H and O–H groups in total. The fourth-order valence-corrected chi connectivity index (χ4v) is 2.63. The van der Waals surface area contributed by atoms with Gasteiger partial charge in [-0.05, 0) is 33.0 Å². The van der Waals surface area contributed by atoms with Crippen molar-refractivity contribution in [3.8, 4) is 11.5 Å². The number of aromatic nitrogens is 3. The number of nitrogens with zero attached hydrogens (tertiary/aromatic N) is 5. The molecule has 1 saturated heterocycles. The lowest BCUT2D eigenvalue weighted by Gasteiger charge is -2.34. The molecule has 2 aromatic rings. The van der Waals surface area contributed by atoms with E-state index in [4.69, 9.17) is 9.26 Å². The van der Waals surface area contributed by atoms with Crippen molar-refractivity contribution < 1.29 is 9.26 Å². The predicted molar refractivity (Wildman–Crippen MR) is 87.3 cm³/mol. The van der Waals surface area contributed by atoms with Gasteiger partial charge in [-0.25, -0.2) is 0 Å². The molecule has 0 radical (unpaired) electrons. The summed E-state index contributed by atoms with van der Waals surface area (Å²) in [5, 5.41) is 4.03. The van der Waals surface area contributed by atoms with Gasteiger partial charge >= 0.3 is 0 Å². The number of rotatable bonds is 5. The second kappa shape index (κ2) is 7.06.